The van der Waals surface area contributed by atoms with Gasteiger partial charge in [0.1, 0.15) is 11.8 Å². The van der Waals surface area contributed by atoms with Gasteiger partial charge < -0.3 is 0 Å². The first-order chi connectivity index (χ1) is 7.67. The molecule has 0 aromatic carbocycles. The quantitative estimate of drug-likeness (QED) is 0.733. The van der Waals surface area contributed by atoms with Crippen LogP contribution in [0.5, 0.6) is 0 Å². The molecule has 0 aliphatic heterocycles. The lowest BCUT2D eigenvalue weighted by molar-refractivity contribution is 0.766. The predicted octanol–water partition coefficient (Wildman–Crippen LogP) is 1.54. The molecule has 0 bridgehead atoms. The van der Waals surface area contributed by atoms with Crippen LogP contribution in [-0.2, 0) is 7.05 Å². The summed E-state index contributed by atoms with van der Waals surface area (Å²) in [5.41, 5.74) is 1.18. The van der Waals surface area contributed by atoms with Crippen LogP contribution in [0.25, 0.3) is 0 Å². The van der Waals surface area contributed by atoms with Crippen LogP contribution in [0.1, 0.15) is 11.4 Å². The maximum atomic E-state index is 8.79. The molecule has 0 saturated carbocycles. The summed E-state index contributed by atoms with van der Waals surface area (Å²) in [5.74, 6) is 0. The van der Waals surface area contributed by atoms with Crippen LogP contribution in [0.4, 0.5) is 0 Å². The van der Waals surface area contributed by atoms with E-state index in [0.717, 1.165) is 10.6 Å². The lowest BCUT2D eigenvalue weighted by Crippen LogP contribution is -1.92. The number of hydrogen-bond acceptors (Lipinski definition) is 5. The number of nitrogens with zero attached hydrogens (tertiary/aromatic N) is 5. The van der Waals surface area contributed by atoms with Crippen LogP contribution in [0.15, 0.2) is 28.5 Å². The Hall–Kier alpha value is -1.87. The van der Waals surface area contributed by atoms with E-state index in [0.29, 0.717) is 10.9 Å². The summed E-state index contributed by atoms with van der Waals surface area (Å²) in [4.78, 5) is 9.32. The summed E-state index contributed by atoms with van der Waals surface area (Å²) in [5, 5.41) is 13.4. The number of nitriles is 1. The van der Waals surface area contributed by atoms with E-state index < -0.39 is 0 Å². The zero-order valence-electron chi connectivity index (χ0n) is 8.88. The molecule has 0 fully saturated rings. The van der Waals surface area contributed by atoms with E-state index in [1.165, 1.54) is 11.8 Å². The molecule has 2 aromatic heterocycles. The van der Waals surface area contributed by atoms with Gasteiger partial charge in [-0.15, -0.1) is 0 Å². The van der Waals surface area contributed by atoms with Crippen molar-refractivity contribution >= 4 is 11.8 Å². The molecule has 0 saturated heterocycles. The van der Waals surface area contributed by atoms with Gasteiger partial charge in [-0.05, 0) is 24.8 Å². The molecule has 0 aliphatic rings. The number of hydrogen-bond donors (Lipinski definition) is 0. The summed E-state index contributed by atoms with van der Waals surface area (Å²) < 4.78 is 1.71. The summed E-state index contributed by atoms with van der Waals surface area (Å²) in [6.07, 6.45) is 3.62. The van der Waals surface area contributed by atoms with Gasteiger partial charge in [0.05, 0.1) is 11.1 Å². The van der Waals surface area contributed by atoms with Crippen LogP contribution >= 0.6 is 11.8 Å². The normalized spacial score (nSPS) is 10.1. The van der Waals surface area contributed by atoms with Crippen molar-refractivity contribution < 1.29 is 0 Å². The molecular formula is C10H9N5S. The molecule has 0 N–H and O–H groups in total. The molecule has 2 rings (SSSR count). The smallest absolute Gasteiger partial charge is 0.194 e. The zero-order valence-corrected chi connectivity index (χ0v) is 9.69. The molecule has 0 radical (unpaired) electrons. The maximum Gasteiger partial charge on any atom is 0.194 e. The summed E-state index contributed by atoms with van der Waals surface area (Å²) in [6.45, 7) is 1.84. The van der Waals surface area contributed by atoms with Gasteiger partial charge >= 0.3 is 0 Å². The number of rotatable bonds is 2. The Labute approximate surface area is 97.1 Å². The third-order valence-electron chi connectivity index (χ3n) is 1.84. The van der Waals surface area contributed by atoms with E-state index in [9.17, 15) is 0 Å². The molecule has 6 heteroatoms. The SMILES string of the molecule is Cc1cc(C#N)nc(Sc2cnn(C)c2)n1. The fourth-order valence-electron chi connectivity index (χ4n) is 1.20. The Morgan fingerprint density at radius 3 is 2.88 bits per heavy atom. The van der Waals surface area contributed by atoms with E-state index in [1.807, 2.05) is 26.2 Å². The lowest BCUT2D eigenvalue weighted by Gasteiger charge is -1.98. The minimum absolute atomic E-state index is 0.388. The van der Waals surface area contributed by atoms with Crippen molar-refractivity contribution in [3.63, 3.8) is 0 Å². The highest BCUT2D eigenvalue weighted by atomic mass is 32.2. The third-order valence-corrected chi connectivity index (χ3v) is 2.65. The average Bonchev–Trinajstić information content (AvgIpc) is 2.63. The van der Waals surface area contributed by atoms with Crippen molar-refractivity contribution in [1.82, 2.24) is 19.7 Å². The van der Waals surface area contributed by atoms with Gasteiger partial charge in [-0.3, -0.25) is 4.68 Å². The Balaban J connectivity index is 2.28. The fourth-order valence-corrected chi connectivity index (χ4v) is 2.05. The Morgan fingerprint density at radius 2 is 2.25 bits per heavy atom. The second-order valence-corrected chi connectivity index (χ2v) is 4.28. The van der Waals surface area contributed by atoms with Gasteiger partial charge in [0, 0.05) is 18.9 Å². The minimum atomic E-state index is 0.388. The first-order valence-electron chi connectivity index (χ1n) is 4.59. The van der Waals surface area contributed by atoms with Gasteiger partial charge in [-0.25, -0.2) is 9.97 Å². The largest absolute Gasteiger partial charge is 0.275 e. The van der Waals surface area contributed by atoms with Gasteiger partial charge in [0.25, 0.3) is 0 Å². The van der Waals surface area contributed by atoms with Crippen molar-refractivity contribution in [2.24, 2.45) is 7.05 Å². The minimum Gasteiger partial charge on any atom is -0.275 e. The van der Waals surface area contributed by atoms with Crippen molar-refractivity contribution in [3.05, 3.63) is 29.8 Å². The van der Waals surface area contributed by atoms with E-state index >= 15 is 0 Å². The monoisotopic (exact) mass is 231 g/mol. The van der Waals surface area contributed by atoms with Crippen molar-refractivity contribution in [2.45, 2.75) is 17.0 Å². The molecule has 0 aliphatic carbocycles. The van der Waals surface area contributed by atoms with Gasteiger partial charge in [0.2, 0.25) is 0 Å². The zero-order chi connectivity index (χ0) is 11.5. The van der Waals surface area contributed by atoms with E-state index in [-0.39, 0.29) is 0 Å². The van der Waals surface area contributed by atoms with Crippen LogP contribution in [0.2, 0.25) is 0 Å². The molecule has 16 heavy (non-hydrogen) atoms. The topological polar surface area (TPSA) is 67.4 Å². The Kier molecular flexibility index (Phi) is 2.88. The van der Waals surface area contributed by atoms with E-state index in [1.54, 1.807) is 16.9 Å². The molecule has 80 valence electrons. The summed E-state index contributed by atoms with van der Waals surface area (Å²) >= 11 is 1.40. The summed E-state index contributed by atoms with van der Waals surface area (Å²) in [6, 6.07) is 3.67. The van der Waals surface area contributed by atoms with Crippen LogP contribution in [-0.4, -0.2) is 19.7 Å². The Bertz CT molecular complexity index is 555. The van der Waals surface area contributed by atoms with E-state index in [2.05, 4.69) is 15.1 Å². The molecule has 0 unspecified atom stereocenters. The second-order valence-electron chi connectivity index (χ2n) is 3.24. The predicted molar refractivity (Wildman–Crippen MR) is 58.8 cm³/mol. The molecule has 0 atom stereocenters. The molecule has 2 heterocycles. The van der Waals surface area contributed by atoms with Gasteiger partial charge in [-0.1, -0.05) is 0 Å². The average molecular weight is 231 g/mol. The Morgan fingerprint density at radius 1 is 1.44 bits per heavy atom. The van der Waals surface area contributed by atoms with Crippen molar-refractivity contribution in [2.75, 3.05) is 0 Å². The highest BCUT2D eigenvalue weighted by Gasteiger charge is 2.05. The van der Waals surface area contributed by atoms with E-state index in [4.69, 9.17) is 5.26 Å². The standard InChI is InChI=1S/C10H9N5S/c1-7-3-8(4-11)14-10(13-7)16-9-5-12-15(2)6-9/h3,5-6H,1-2H3. The first kappa shape index (κ1) is 10.6. The third kappa shape index (κ3) is 2.38. The lowest BCUT2D eigenvalue weighted by atomic mass is 10.4. The first-order valence-corrected chi connectivity index (χ1v) is 5.41. The molecule has 0 spiro atoms. The maximum absolute atomic E-state index is 8.79. The summed E-state index contributed by atoms with van der Waals surface area (Å²) in [7, 11) is 1.85. The fraction of sp³-hybridized carbons (Fsp3) is 0.200. The molecule has 0 amide bonds. The van der Waals surface area contributed by atoms with Crippen LogP contribution in [0, 0.1) is 18.3 Å². The van der Waals surface area contributed by atoms with Crippen LogP contribution in [0.3, 0.4) is 0 Å². The second kappa shape index (κ2) is 4.33. The molecule has 2 aromatic rings. The number of aromatic nitrogens is 4. The molecule has 5 nitrogen and oxygen atoms in total. The highest BCUT2D eigenvalue weighted by molar-refractivity contribution is 7.99. The van der Waals surface area contributed by atoms with Crippen molar-refractivity contribution in [3.8, 4) is 6.07 Å². The van der Waals surface area contributed by atoms with Crippen LogP contribution < -0.4 is 0 Å². The highest BCUT2D eigenvalue weighted by Crippen LogP contribution is 2.23. The van der Waals surface area contributed by atoms with Crippen molar-refractivity contribution in [1.29, 1.82) is 5.26 Å². The number of aryl methyl sites for hydroxylation is 2. The van der Waals surface area contributed by atoms with Gasteiger partial charge in [-0.2, -0.15) is 10.4 Å². The van der Waals surface area contributed by atoms with Gasteiger partial charge in [0.15, 0.2) is 5.16 Å². The molecular weight excluding hydrogens is 222 g/mol.